The van der Waals surface area contributed by atoms with Gasteiger partial charge in [0, 0.05) is 10.7 Å². The molecule has 0 aliphatic heterocycles. The molecular formula is C23H21ClN4O2. The van der Waals surface area contributed by atoms with E-state index < -0.39 is 0 Å². The lowest BCUT2D eigenvalue weighted by molar-refractivity contribution is 0.835. The minimum Gasteiger partial charge on any atom is -0.295 e. The van der Waals surface area contributed by atoms with E-state index in [0.29, 0.717) is 32.5 Å². The first kappa shape index (κ1) is 19.8. The highest BCUT2D eigenvalue weighted by atomic mass is 35.5. The van der Waals surface area contributed by atoms with Crippen molar-refractivity contribution in [1.29, 1.82) is 0 Å². The first-order chi connectivity index (χ1) is 14.3. The van der Waals surface area contributed by atoms with Gasteiger partial charge >= 0.3 is 0 Å². The number of hydrogen-bond acceptors (Lipinski definition) is 2. The van der Waals surface area contributed by atoms with Crippen LogP contribution in [0.1, 0.15) is 22.4 Å². The van der Waals surface area contributed by atoms with E-state index >= 15 is 0 Å². The predicted octanol–water partition coefficient (Wildman–Crippen LogP) is 2.46. The molecule has 0 aliphatic carbocycles. The first-order valence-electron chi connectivity index (χ1n) is 9.43. The summed E-state index contributed by atoms with van der Waals surface area (Å²) in [7, 11) is 0. The molecule has 0 aliphatic rings. The Bertz CT molecular complexity index is 1480. The molecule has 0 fully saturated rings. The van der Waals surface area contributed by atoms with E-state index in [4.69, 9.17) is 11.6 Å². The summed E-state index contributed by atoms with van der Waals surface area (Å²) in [6.45, 7) is 9.76. The van der Waals surface area contributed by atoms with Crippen molar-refractivity contribution >= 4 is 24.3 Å². The average molecular weight is 421 g/mol. The van der Waals surface area contributed by atoms with Crippen LogP contribution >= 0.6 is 11.6 Å². The van der Waals surface area contributed by atoms with Crippen LogP contribution in [0.15, 0.2) is 52.1 Å². The number of H-pyrrole nitrogens is 2. The molecule has 30 heavy (non-hydrogen) atoms. The van der Waals surface area contributed by atoms with Crippen molar-refractivity contribution in [3.8, 4) is 11.4 Å². The number of halogens is 1. The van der Waals surface area contributed by atoms with Crippen molar-refractivity contribution in [2.45, 2.75) is 20.8 Å². The summed E-state index contributed by atoms with van der Waals surface area (Å²) in [5.74, 6) is 0. The zero-order chi connectivity index (χ0) is 21.6. The van der Waals surface area contributed by atoms with Gasteiger partial charge in [-0.1, -0.05) is 24.2 Å². The second-order valence-electron chi connectivity index (χ2n) is 7.32. The van der Waals surface area contributed by atoms with Gasteiger partial charge < -0.3 is 0 Å². The summed E-state index contributed by atoms with van der Waals surface area (Å²) >= 11 is 5.94. The quantitative estimate of drug-likeness (QED) is 0.534. The Morgan fingerprint density at radius 1 is 0.867 bits per heavy atom. The molecule has 2 heterocycles. The Kier molecular flexibility index (Phi) is 4.87. The van der Waals surface area contributed by atoms with Crippen molar-refractivity contribution < 1.29 is 0 Å². The summed E-state index contributed by atoms with van der Waals surface area (Å²) in [5, 5.41) is 7.43. The molecule has 0 spiro atoms. The minimum absolute atomic E-state index is 0.257. The molecule has 2 aromatic heterocycles. The largest absolute Gasteiger partial charge is 0.295 e. The number of aryl methyl sites for hydroxylation is 3. The summed E-state index contributed by atoms with van der Waals surface area (Å²) < 4.78 is 2.87. The molecule has 6 nitrogen and oxygen atoms in total. The van der Waals surface area contributed by atoms with Gasteiger partial charge in [-0.3, -0.25) is 19.8 Å². The lowest BCUT2D eigenvalue weighted by Gasteiger charge is -2.04. The van der Waals surface area contributed by atoms with E-state index in [9.17, 15) is 9.59 Å². The van der Waals surface area contributed by atoms with Crippen LogP contribution in [-0.2, 0) is 0 Å². The van der Waals surface area contributed by atoms with Crippen molar-refractivity contribution in [2.75, 3.05) is 0 Å². The van der Waals surface area contributed by atoms with E-state index in [1.165, 1.54) is 9.36 Å². The van der Waals surface area contributed by atoms with Crippen molar-refractivity contribution in [3.05, 3.63) is 101 Å². The molecule has 2 aromatic carbocycles. The molecular weight excluding hydrogens is 400 g/mol. The van der Waals surface area contributed by atoms with Gasteiger partial charge in [0.25, 0.3) is 11.1 Å². The first-order valence-corrected chi connectivity index (χ1v) is 9.81. The zero-order valence-electron chi connectivity index (χ0n) is 16.9. The monoisotopic (exact) mass is 420 g/mol. The number of hydrogen-bond donors (Lipinski definition) is 2. The van der Waals surface area contributed by atoms with Crippen molar-refractivity contribution in [1.82, 2.24) is 19.6 Å². The third kappa shape index (κ3) is 3.35. The van der Waals surface area contributed by atoms with Crippen LogP contribution in [0.2, 0.25) is 5.02 Å². The fraction of sp³-hybridized carbons (Fsp3) is 0.130. The molecule has 4 rings (SSSR count). The maximum atomic E-state index is 13.1. The Balaban J connectivity index is 1.87. The van der Waals surface area contributed by atoms with Gasteiger partial charge in [0.1, 0.15) is 0 Å². The normalized spacial score (nSPS) is 11.9. The standard InChI is InChI=1S/C23H21ClN4O2/c1-13-5-8-19(11-14(13)2)28-23(30)21(16(4)26-28)12-20-15(3)25-27(22(20)29)18-9-6-17(24)7-10-18/h5-12,25-26H,4H2,1-3H3. The van der Waals surface area contributed by atoms with E-state index in [-0.39, 0.29) is 11.1 Å². The maximum Gasteiger partial charge on any atom is 0.279 e. The number of nitrogens with one attached hydrogen (secondary N) is 2. The summed E-state index contributed by atoms with van der Waals surface area (Å²) in [5.41, 5.74) is 4.13. The van der Waals surface area contributed by atoms with Gasteiger partial charge in [-0.2, -0.15) is 0 Å². The topological polar surface area (TPSA) is 75.6 Å². The van der Waals surface area contributed by atoms with Crippen LogP contribution < -0.4 is 21.7 Å². The van der Waals surface area contributed by atoms with Crippen LogP contribution in [0.25, 0.3) is 24.0 Å². The molecule has 0 saturated heterocycles. The SMILES string of the molecule is C=c1[nH]n(-c2ccc(C)c(C)c2)c(=O)c1=Cc1c(C)[nH]n(-c2ccc(Cl)cc2)c1=O. The van der Waals surface area contributed by atoms with E-state index in [1.54, 1.807) is 37.3 Å². The predicted molar refractivity (Wildman–Crippen MR) is 120 cm³/mol. The van der Waals surface area contributed by atoms with Gasteiger partial charge in [0.2, 0.25) is 0 Å². The maximum absolute atomic E-state index is 13.1. The third-order valence-electron chi connectivity index (χ3n) is 5.24. The van der Waals surface area contributed by atoms with Crippen molar-refractivity contribution in [2.24, 2.45) is 0 Å². The number of aromatic nitrogens is 4. The zero-order valence-corrected chi connectivity index (χ0v) is 17.7. The average Bonchev–Trinajstić information content (AvgIpc) is 3.15. The van der Waals surface area contributed by atoms with Gasteiger partial charge in [0.05, 0.1) is 27.5 Å². The Morgan fingerprint density at radius 3 is 2.17 bits per heavy atom. The second-order valence-corrected chi connectivity index (χ2v) is 7.76. The van der Waals surface area contributed by atoms with Crippen LogP contribution in [0, 0.1) is 20.8 Å². The lowest BCUT2D eigenvalue weighted by atomic mass is 10.1. The molecule has 7 heteroatoms. The molecule has 0 amide bonds. The third-order valence-corrected chi connectivity index (χ3v) is 5.50. The number of aromatic amines is 2. The number of rotatable bonds is 3. The van der Waals surface area contributed by atoms with E-state index in [0.717, 1.165) is 16.8 Å². The smallest absolute Gasteiger partial charge is 0.279 e. The van der Waals surface area contributed by atoms with Crippen LogP contribution in [0.4, 0.5) is 0 Å². The van der Waals surface area contributed by atoms with E-state index in [2.05, 4.69) is 16.8 Å². The summed E-state index contributed by atoms with van der Waals surface area (Å²) in [6, 6.07) is 12.7. The van der Waals surface area contributed by atoms with Crippen LogP contribution in [-0.4, -0.2) is 19.6 Å². The fourth-order valence-electron chi connectivity index (χ4n) is 3.34. The molecule has 2 N–H and O–H groups in total. The van der Waals surface area contributed by atoms with Crippen LogP contribution in [0.5, 0.6) is 0 Å². The molecule has 0 atom stereocenters. The highest BCUT2D eigenvalue weighted by Crippen LogP contribution is 2.13. The molecule has 0 bridgehead atoms. The molecule has 152 valence electrons. The fourth-order valence-corrected chi connectivity index (χ4v) is 3.46. The minimum atomic E-state index is -0.263. The number of nitrogens with zero attached hydrogens (tertiary/aromatic N) is 2. The molecule has 0 saturated carbocycles. The molecule has 0 radical (unpaired) electrons. The van der Waals surface area contributed by atoms with Gasteiger partial charge in [-0.15, -0.1) is 0 Å². The highest BCUT2D eigenvalue weighted by molar-refractivity contribution is 6.30. The number of benzene rings is 2. The highest BCUT2D eigenvalue weighted by Gasteiger charge is 2.12. The van der Waals surface area contributed by atoms with Gasteiger partial charge in [-0.05, 0) is 74.4 Å². The van der Waals surface area contributed by atoms with Crippen LogP contribution in [0.3, 0.4) is 0 Å². The van der Waals surface area contributed by atoms with E-state index in [1.807, 2.05) is 32.0 Å². The summed E-state index contributed by atoms with van der Waals surface area (Å²) in [4.78, 5) is 26.0. The van der Waals surface area contributed by atoms with Gasteiger partial charge in [0.15, 0.2) is 0 Å². The Hall–Kier alpha value is -3.51. The van der Waals surface area contributed by atoms with Crippen molar-refractivity contribution in [3.63, 3.8) is 0 Å². The summed E-state index contributed by atoms with van der Waals surface area (Å²) in [6.07, 6.45) is 1.58. The molecule has 4 aromatic rings. The molecule has 0 unspecified atom stereocenters. The lowest BCUT2D eigenvalue weighted by Crippen LogP contribution is -2.34. The second kappa shape index (κ2) is 7.39. The Morgan fingerprint density at radius 2 is 1.50 bits per heavy atom. The Labute approximate surface area is 177 Å². The van der Waals surface area contributed by atoms with Gasteiger partial charge in [-0.25, -0.2) is 9.36 Å².